The molecule has 0 bridgehead atoms. The maximum atomic E-state index is 13.1. The molecule has 9 heteroatoms. The molecule has 2 rings (SSSR count). The Bertz CT molecular complexity index is 440. The second-order valence-corrected chi connectivity index (χ2v) is 5.09. The van der Waals surface area contributed by atoms with Gasteiger partial charge in [-0.25, -0.2) is 8.78 Å². The van der Waals surface area contributed by atoms with Gasteiger partial charge in [-0.05, 0) is 25.7 Å². The number of nitrogens with two attached hydrogens (primary N) is 1. The number of piperidine rings is 1. The Morgan fingerprint density at radius 3 is 2.45 bits per heavy atom. The Labute approximate surface area is 113 Å². The van der Waals surface area contributed by atoms with Crippen molar-refractivity contribution in [3.63, 3.8) is 0 Å². The van der Waals surface area contributed by atoms with Crippen molar-refractivity contribution in [2.24, 2.45) is 11.7 Å². The van der Waals surface area contributed by atoms with E-state index in [0.717, 1.165) is 12.8 Å². The van der Waals surface area contributed by atoms with Gasteiger partial charge in [-0.1, -0.05) is 0 Å². The molecule has 1 unspecified atom stereocenters. The molecule has 1 fully saturated rings. The SMILES string of the molecule is CC(N)C1CCN(c2n[nH]c(C(F)(F)C(F)F)n2)CC1. The summed E-state index contributed by atoms with van der Waals surface area (Å²) in [6.07, 6.45) is -2.22. The second-order valence-electron chi connectivity index (χ2n) is 5.09. The van der Waals surface area contributed by atoms with Crippen molar-refractivity contribution in [1.29, 1.82) is 0 Å². The topological polar surface area (TPSA) is 70.8 Å². The van der Waals surface area contributed by atoms with E-state index in [1.807, 2.05) is 12.0 Å². The number of nitrogens with zero attached hydrogens (tertiary/aromatic N) is 3. The Morgan fingerprint density at radius 1 is 1.35 bits per heavy atom. The van der Waals surface area contributed by atoms with Gasteiger partial charge in [-0.15, -0.1) is 5.10 Å². The molecule has 0 amide bonds. The van der Waals surface area contributed by atoms with Gasteiger partial charge in [0.25, 0.3) is 0 Å². The zero-order valence-electron chi connectivity index (χ0n) is 11.0. The lowest BCUT2D eigenvalue weighted by molar-refractivity contribution is -0.140. The first-order valence-corrected chi connectivity index (χ1v) is 6.41. The summed E-state index contributed by atoms with van der Waals surface area (Å²) in [7, 11) is 0. The maximum absolute atomic E-state index is 13.1. The summed E-state index contributed by atoms with van der Waals surface area (Å²) >= 11 is 0. The third-order valence-electron chi connectivity index (χ3n) is 3.63. The molecule has 0 aliphatic carbocycles. The van der Waals surface area contributed by atoms with E-state index in [0.29, 0.717) is 19.0 Å². The summed E-state index contributed by atoms with van der Waals surface area (Å²) in [6.45, 7) is 3.07. The van der Waals surface area contributed by atoms with Crippen LogP contribution < -0.4 is 10.6 Å². The monoisotopic (exact) mass is 295 g/mol. The number of alkyl halides is 4. The van der Waals surface area contributed by atoms with Crippen molar-refractivity contribution in [2.45, 2.75) is 38.2 Å². The maximum Gasteiger partial charge on any atom is 0.365 e. The number of aromatic nitrogens is 3. The first kappa shape index (κ1) is 15.0. The summed E-state index contributed by atoms with van der Waals surface area (Å²) in [6, 6.07) is 0.0722. The average molecular weight is 295 g/mol. The van der Waals surface area contributed by atoms with Crippen LogP contribution in [-0.4, -0.2) is 40.7 Å². The average Bonchev–Trinajstić information content (AvgIpc) is 2.88. The molecule has 1 aliphatic rings. The van der Waals surface area contributed by atoms with Crippen molar-refractivity contribution in [1.82, 2.24) is 15.2 Å². The van der Waals surface area contributed by atoms with Crippen molar-refractivity contribution in [3.05, 3.63) is 5.82 Å². The van der Waals surface area contributed by atoms with Gasteiger partial charge in [0, 0.05) is 19.1 Å². The molecule has 5 nitrogen and oxygen atoms in total. The van der Waals surface area contributed by atoms with Crippen LogP contribution in [0.15, 0.2) is 0 Å². The van der Waals surface area contributed by atoms with Gasteiger partial charge in [0.2, 0.25) is 11.8 Å². The molecule has 1 saturated heterocycles. The van der Waals surface area contributed by atoms with E-state index in [2.05, 4.69) is 10.1 Å². The molecule has 0 spiro atoms. The third-order valence-corrected chi connectivity index (χ3v) is 3.63. The van der Waals surface area contributed by atoms with E-state index in [1.54, 1.807) is 4.90 Å². The molecule has 0 radical (unpaired) electrons. The van der Waals surface area contributed by atoms with Crippen LogP contribution in [0, 0.1) is 5.92 Å². The first-order chi connectivity index (χ1) is 9.32. The van der Waals surface area contributed by atoms with Crippen LogP contribution in [0.4, 0.5) is 23.5 Å². The lowest BCUT2D eigenvalue weighted by atomic mass is 9.91. The van der Waals surface area contributed by atoms with Crippen molar-refractivity contribution in [2.75, 3.05) is 18.0 Å². The normalized spacial score (nSPS) is 19.6. The minimum absolute atomic E-state index is 0.0310. The smallest absolute Gasteiger partial charge is 0.340 e. The highest BCUT2D eigenvalue weighted by atomic mass is 19.3. The number of anilines is 1. The number of H-pyrrole nitrogens is 1. The molecular formula is C11H17F4N5. The van der Waals surface area contributed by atoms with Crippen LogP contribution in [0.25, 0.3) is 0 Å². The predicted octanol–water partition coefficient (Wildman–Crippen LogP) is 1.73. The van der Waals surface area contributed by atoms with E-state index in [9.17, 15) is 17.6 Å². The van der Waals surface area contributed by atoms with Gasteiger partial charge >= 0.3 is 12.3 Å². The van der Waals surface area contributed by atoms with Crippen molar-refractivity contribution >= 4 is 5.95 Å². The Morgan fingerprint density at radius 2 is 1.95 bits per heavy atom. The van der Waals surface area contributed by atoms with E-state index in [-0.39, 0.29) is 12.0 Å². The number of nitrogens with one attached hydrogen (secondary N) is 1. The highest BCUT2D eigenvalue weighted by molar-refractivity contribution is 5.30. The zero-order chi connectivity index (χ0) is 14.9. The summed E-state index contributed by atoms with van der Waals surface area (Å²) in [4.78, 5) is 5.19. The predicted molar refractivity (Wildman–Crippen MR) is 64.9 cm³/mol. The minimum Gasteiger partial charge on any atom is -0.340 e. The number of hydrogen-bond donors (Lipinski definition) is 2. The molecular weight excluding hydrogens is 278 g/mol. The van der Waals surface area contributed by atoms with Gasteiger partial charge in [0.1, 0.15) is 0 Å². The number of hydrogen-bond acceptors (Lipinski definition) is 4. The van der Waals surface area contributed by atoms with Gasteiger partial charge in [0.05, 0.1) is 0 Å². The summed E-state index contributed by atoms with van der Waals surface area (Å²) < 4.78 is 50.7. The summed E-state index contributed by atoms with van der Waals surface area (Å²) in [5.41, 5.74) is 5.81. The lowest BCUT2D eigenvalue weighted by Gasteiger charge is -2.32. The van der Waals surface area contributed by atoms with E-state index < -0.39 is 18.2 Å². The standard InChI is InChI=1S/C11H17F4N5/c1-6(16)7-2-4-20(5-3-7)10-17-9(18-19-10)11(14,15)8(12)13/h6-8H,2-5,16H2,1H3,(H,17,18,19). The van der Waals surface area contributed by atoms with Crippen LogP contribution in [0.1, 0.15) is 25.6 Å². The Hall–Kier alpha value is -1.38. The molecule has 1 atom stereocenters. The van der Waals surface area contributed by atoms with Gasteiger partial charge in [-0.2, -0.15) is 13.8 Å². The van der Waals surface area contributed by atoms with Crippen LogP contribution >= 0.6 is 0 Å². The fourth-order valence-corrected chi connectivity index (χ4v) is 2.27. The zero-order valence-corrected chi connectivity index (χ0v) is 11.0. The first-order valence-electron chi connectivity index (χ1n) is 6.41. The number of rotatable bonds is 4. The molecule has 2 heterocycles. The van der Waals surface area contributed by atoms with Crippen LogP contribution in [0.2, 0.25) is 0 Å². The quantitative estimate of drug-likeness (QED) is 0.830. The summed E-state index contributed by atoms with van der Waals surface area (Å²) in [5.74, 6) is -5.01. The highest BCUT2D eigenvalue weighted by Crippen LogP contribution is 2.33. The van der Waals surface area contributed by atoms with E-state index in [4.69, 9.17) is 5.73 Å². The molecule has 0 aromatic carbocycles. The number of halogens is 4. The Kier molecular flexibility index (Phi) is 4.17. The Balaban J connectivity index is 2.04. The molecule has 20 heavy (non-hydrogen) atoms. The van der Waals surface area contributed by atoms with Crippen molar-refractivity contribution < 1.29 is 17.6 Å². The summed E-state index contributed by atoms with van der Waals surface area (Å²) in [5, 5.41) is 5.50. The van der Waals surface area contributed by atoms with Gasteiger partial charge in [-0.3, -0.25) is 5.10 Å². The second kappa shape index (κ2) is 5.55. The van der Waals surface area contributed by atoms with E-state index in [1.165, 1.54) is 0 Å². The van der Waals surface area contributed by atoms with Crippen LogP contribution in [0.3, 0.4) is 0 Å². The largest absolute Gasteiger partial charge is 0.365 e. The number of aromatic amines is 1. The molecule has 0 saturated carbocycles. The van der Waals surface area contributed by atoms with Gasteiger partial charge < -0.3 is 10.6 Å². The van der Waals surface area contributed by atoms with Crippen LogP contribution in [-0.2, 0) is 5.92 Å². The van der Waals surface area contributed by atoms with Crippen molar-refractivity contribution in [3.8, 4) is 0 Å². The fourth-order valence-electron chi connectivity index (χ4n) is 2.27. The molecule has 3 N–H and O–H groups in total. The van der Waals surface area contributed by atoms with E-state index >= 15 is 0 Å². The lowest BCUT2D eigenvalue weighted by Crippen LogP contribution is -2.40. The molecule has 1 aromatic heterocycles. The van der Waals surface area contributed by atoms with Gasteiger partial charge in [0.15, 0.2) is 0 Å². The molecule has 1 aromatic rings. The fraction of sp³-hybridized carbons (Fsp3) is 0.818. The third kappa shape index (κ3) is 2.87. The minimum atomic E-state index is -4.31. The molecule has 1 aliphatic heterocycles. The van der Waals surface area contributed by atoms with Crippen LogP contribution in [0.5, 0.6) is 0 Å². The molecule has 114 valence electrons. The highest BCUT2D eigenvalue weighted by Gasteiger charge is 2.46.